The third-order valence-electron chi connectivity index (χ3n) is 1.98. The van der Waals surface area contributed by atoms with Crippen LogP contribution in [0.1, 0.15) is 13.8 Å². The lowest BCUT2D eigenvalue weighted by Crippen LogP contribution is -2.35. The molecule has 0 bridgehead atoms. The Hall–Kier alpha value is -0.650. The molecule has 0 spiro atoms. The van der Waals surface area contributed by atoms with E-state index >= 15 is 0 Å². The van der Waals surface area contributed by atoms with Gasteiger partial charge in [0.1, 0.15) is 12.2 Å². The van der Waals surface area contributed by atoms with Crippen molar-refractivity contribution in [2.24, 2.45) is 0 Å². The van der Waals surface area contributed by atoms with Gasteiger partial charge in [0.2, 0.25) is 6.29 Å². The first-order chi connectivity index (χ1) is 6.06. The van der Waals surface area contributed by atoms with Gasteiger partial charge in [0.15, 0.2) is 0 Å². The molecule has 1 heterocycles. The SMILES string of the molecule is CO[C@H]1[C@@H](O)[C@H](OC(C)=O)O[C@@H]1C. The second-order valence-electron chi connectivity index (χ2n) is 3.01. The summed E-state index contributed by atoms with van der Waals surface area (Å²) in [6.07, 6.45) is -2.53. The normalized spacial score (nSPS) is 39.1. The number of rotatable bonds is 2. The van der Waals surface area contributed by atoms with Crippen LogP contribution in [-0.2, 0) is 19.0 Å². The minimum atomic E-state index is -0.913. The molecular weight excluding hydrogens is 176 g/mol. The van der Waals surface area contributed by atoms with Gasteiger partial charge in [-0.3, -0.25) is 4.79 Å². The van der Waals surface area contributed by atoms with E-state index in [9.17, 15) is 9.90 Å². The summed E-state index contributed by atoms with van der Waals surface area (Å²) in [7, 11) is 1.48. The zero-order valence-corrected chi connectivity index (χ0v) is 7.89. The third-order valence-corrected chi connectivity index (χ3v) is 1.98. The molecule has 1 N–H and O–H groups in total. The Kier molecular flexibility index (Phi) is 3.24. The zero-order chi connectivity index (χ0) is 10.0. The van der Waals surface area contributed by atoms with Gasteiger partial charge in [-0.1, -0.05) is 0 Å². The van der Waals surface area contributed by atoms with Crippen LogP contribution >= 0.6 is 0 Å². The Morgan fingerprint density at radius 1 is 1.54 bits per heavy atom. The fourth-order valence-corrected chi connectivity index (χ4v) is 1.39. The monoisotopic (exact) mass is 190 g/mol. The summed E-state index contributed by atoms with van der Waals surface area (Å²) in [6.45, 7) is 3.02. The third kappa shape index (κ3) is 2.18. The van der Waals surface area contributed by atoms with Gasteiger partial charge < -0.3 is 19.3 Å². The Labute approximate surface area is 76.6 Å². The van der Waals surface area contributed by atoms with Crippen molar-refractivity contribution in [1.29, 1.82) is 0 Å². The fourth-order valence-electron chi connectivity index (χ4n) is 1.39. The van der Waals surface area contributed by atoms with Crippen LogP contribution in [0.25, 0.3) is 0 Å². The molecule has 13 heavy (non-hydrogen) atoms. The molecule has 0 aromatic heterocycles. The van der Waals surface area contributed by atoms with E-state index in [-0.39, 0.29) is 6.10 Å². The van der Waals surface area contributed by atoms with Crippen molar-refractivity contribution < 1.29 is 24.1 Å². The summed E-state index contributed by atoms with van der Waals surface area (Å²) in [5.74, 6) is -0.479. The Morgan fingerprint density at radius 3 is 2.54 bits per heavy atom. The lowest BCUT2D eigenvalue weighted by Gasteiger charge is -2.15. The van der Waals surface area contributed by atoms with Crippen LogP contribution in [0.2, 0.25) is 0 Å². The van der Waals surface area contributed by atoms with Crippen molar-refractivity contribution in [2.75, 3.05) is 7.11 Å². The number of carbonyl (C=O) groups excluding carboxylic acids is 1. The molecule has 1 fully saturated rings. The average molecular weight is 190 g/mol. The van der Waals surface area contributed by atoms with Crippen LogP contribution in [0.5, 0.6) is 0 Å². The Bertz CT molecular complexity index is 193. The highest BCUT2D eigenvalue weighted by molar-refractivity contribution is 5.66. The molecule has 76 valence electrons. The summed E-state index contributed by atoms with van der Waals surface area (Å²) in [6, 6.07) is 0. The van der Waals surface area contributed by atoms with Gasteiger partial charge in [-0.05, 0) is 6.92 Å². The average Bonchev–Trinajstić information content (AvgIpc) is 2.26. The van der Waals surface area contributed by atoms with Gasteiger partial charge in [-0.2, -0.15) is 0 Å². The highest BCUT2D eigenvalue weighted by Crippen LogP contribution is 2.23. The topological polar surface area (TPSA) is 65.0 Å². The molecule has 0 aromatic carbocycles. The Balaban J connectivity index is 2.56. The van der Waals surface area contributed by atoms with Crippen LogP contribution in [0.15, 0.2) is 0 Å². The lowest BCUT2D eigenvalue weighted by molar-refractivity contribution is -0.184. The molecule has 1 aliphatic rings. The van der Waals surface area contributed by atoms with Crippen molar-refractivity contribution in [1.82, 2.24) is 0 Å². The van der Waals surface area contributed by atoms with E-state index in [1.807, 2.05) is 0 Å². The predicted molar refractivity (Wildman–Crippen MR) is 42.9 cm³/mol. The minimum absolute atomic E-state index is 0.274. The molecule has 0 aromatic rings. The summed E-state index contributed by atoms with van der Waals surface area (Å²) < 4.78 is 14.9. The van der Waals surface area contributed by atoms with Crippen LogP contribution < -0.4 is 0 Å². The highest BCUT2D eigenvalue weighted by atomic mass is 16.7. The second kappa shape index (κ2) is 4.04. The first-order valence-electron chi connectivity index (χ1n) is 4.09. The number of aliphatic hydroxyl groups is 1. The standard InChI is InChI=1S/C8H14O5/c1-4-7(11-3)6(10)8(12-4)13-5(2)9/h4,6-8,10H,1-3H3/t4-,6-,7-,8+/m1/s1. The van der Waals surface area contributed by atoms with Gasteiger partial charge in [0, 0.05) is 14.0 Å². The van der Waals surface area contributed by atoms with Crippen molar-refractivity contribution in [3.05, 3.63) is 0 Å². The lowest BCUT2D eigenvalue weighted by atomic mass is 10.1. The fraction of sp³-hybridized carbons (Fsp3) is 0.875. The first-order valence-corrected chi connectivity index (χ1v) is 4.09. The predicted octanol–water partition coefficient (Wildman–Crippen LogP) is -0.330. The van der Waals surface area contributed by atoms with Crippen LogP contribution in [-0.4, -0.2) is 42.8 Å². The molecule has 0 amide bonds. The van der Waals surface area contributed by atoms with E-state index in [2.05, 4.69) is 0 Å². The van der Waals surface area contributed by atoms with Crippen LogP contribution in [0.3, 0.4) is 0 Å². The molecule has 0 unspecified atom stereocenters. The van der Waals surface area contributed by atoms with E-state index in [0.717, 1.165) is 0 Å². The molecule has 1 aliphatic heterocycles. The number of hydrogen-bond acceptors (Lipinski definition) is 5. The molecular formula is C8H14O5. The number of esters is 1. The number of methoxy groups -OCH3 is 1. The Morgan fingerprint density at radius 2 is 2.15 bits per heavy atom. The molecule has 0 saturated carbocycles. The second-order valence-corrected chi connectivity index (χ2v) is 3.01. The quantitative estimate of drug-likeness (QED) is 0.604. The van der Waals surface area contributed by atoms with Gasteiger partial charge in [0.25, 0.3) is 0 Å². The van der Waals surface area contributed by atoms with E-state index in [1.165, 1.54) is 14.0 Å². The maximum Gasteiger partial charge on any atom is 0.305 e. The maximum atomic E-state index is 10.6. The summed E-state index contributed by atoms with van der Waals surface area (Å²) in [4.78, 5) is 10.6. The summed E-state index contributed by atoms with van der Waals surface area (Å²) >= 11 is 0. The smallest absolute Gasteiger partial charge is 0.305 e. The van der Waals surface area contributed by atoms with Crippen molar-refractivity contribution in [2.45, 2.75) is 38.4 Å². The molecule has 1 rings (SSSR count). The highest BCUT2D eigenvalue weighted by Gasteiger charge is 2.43. The van der Waals surface area contributed by atoms with Crippen LogP contribution in [0, 0.1) is 0 Å². The van der Waals surface area contributed by atoms with Gasteiger partial charge >= 0.3 is 5.97 Å². The first kappa shape index (κ1) is 10.4. The molecule has 0 radical (unpaired) electrons. The number of aliphatic hydroxyl groups excluding tert-OH is 1. The van der Waals surface area contributed by atoms with Crippen molar-refractivity contribution >= 4 is 5.97 Å². The van der Waals surface area contributed by atoms with E-state index in [4.69, 9.17) is 14.2 Å². The van der Waals surface area contributed by atoms with Gasteiger partial charge in [-0.15, -0.1) is 0 Å². The molecule has 1 saturated heterocycles. The van der Waals surface area contributed by atoms with Crippen LogP contribution in [0.4, 0.5) is 0 Å². The molecule has 5 heteroatoms. The number of carbonyl (C=O) groups is 1. The van der Waals surface area contributed by atoms with Crippen molar-refractivity contribution in [3.8, 4) is 0 Å². The minimum Gasteiger partial charge on any atom is -0.433 e. The number of hydrogen-bond donors (Lipinski definition) is 1. The molecule has 4 atom stereocenters. The summed E-state index contributed by atoms with van der Waals surface area (Å²) in [5.41, 5.74) is 0. The maximum absolute atomic E-state index is 10.6. The van der Waals surface area contributed by atoms with E-state index in [1.54, 1.807) is 6.92 Å². The largest absolute Gasteiger partial charge is 0.433 e. The van der Waals surface area contributed by atoms with Gasteiger partial charge in [-0.25, -0.2) is 0 Å². The zero-order valence-electron chi connectivity index (χ0n) is 7.89. The van der Waals surface area contributed by atoms with E-state index < -0.39 is 24.5 Å². The molecule has 5 nitrogen and oxygen atoms in total. The van der Waals surface area contributed by atoms with E-state index in [0.29, 0.717) is 0 Å². The number of ether oxygens (including phenoxy) is 3. The van der Waals surface area contributed by atoms with Gasteiger partial charge in [0.05, 0.1) is 6.10 Å². The summed E-state index contributed by atoms with van der Waals surface area (Å²) in [5, 5.41) is 9.54. The molecule has 0 aliphatic carbocycles. The van der Waals surface area contributed by atoms with Crippen molar-refractivity contribution in [3.63, 3.8) is 0 Å².